The molecule has 4 rings (SSSR count). The molecule has 2 aromatic carbocycles. The third kappa shape index (κ3) is 5.47. The summed E-state index contributed by atoms with van der Waals surface area (Å²) >= 11 is 1.29. The second-order valence-corrected chi connectivity index (χ2v) is 9.56. The number of hydrogen-bond donors (Lipinski definition) is 2. The molecule has 0 aliphatic carbocycles. The summed E-state index contributed by atoms with van der Waals surface area (Å²) in [5.74, 6) is 0.367. The molecule has 2 aromatic heterocycles. The molecule has 0 amide bonds. The van der Waals surface area contributed by atoms with Crippen LogP contribution in [-0.2, 0) is 6.54 Å². The van der Waals surface area contributed by atoms with Crippen LogP contribution >= 0.6 is 11.3 Å². The minimum atomic E-state index is -4.77. The van der Waals surface area contributed by atoms with Gasteiger partial charge in [0, 0.05) is 4.88 Å². The number of aromatic nitrogens is 2. The molecule has 0 bridgehead atoms. The Bertz CT molecular complexity index is 1490. The molecule has 11 heteroatoms. The van der Waals surface area contributed by atoms with Crippen LogP contribution in [0, 0.1) is 12.8 Å². The van der Waals surface area contributed by atoms with Crippen molar-refractivity contribution in [3.8, 4) is 27.7 Å². The Kier molecular flexibility index (Phi) is 6.96. The number of hydrogen-bond acceptors (Lipinski definition) is 6. The highest BCUT2D eigenvalue weighted by Gasteiger charge is 2.31. The lowest BCUT2D eigenvalue weighted by atomic mass is 10.1. The van der Waals surface area contributed by atoms with Gasteiger partial charge in [0.05, 0.1) is 18.0 Å². The lowest BCUT2D eigenvalue weighted by Crippen LogP contribution is -2.34. The minimum absolute atomic E-state index is 0.0583. The lowest BCUT2D eigenvalue weighted by molar-refractivity contribution is -0.274. The van der Waals surface area contributed by atoms with Gasteiger partial charge in [-0.15, -0.1) is 24.5 Å². The molecule has 4 aromatic rings. The molecule has 7 nitrogen and oxygen atoms in total. The Morgan fingerprint density at radius 1 is 1.00 bits per heavy atom. The highest BCUT2D eigenvalue weighted by Crippen LogP contribution is 2.37. The maximum atomic E-state index is 12.6. The van der Waals surface area contributed by atoms with E-state index in [2.05, 4.69) is 9.72 Å². The molecule has 36 heavy (non-hydrogen) atoms. The van der Waals surface area contributed by atoms with Crippen molar-refractivity contribution in [1.82, 2.24) is 9.55 Å². The van der Waals surface area contributed by atoms with Crippen molar-refractivity contribution in [1.29, 1.82) is 0 Å². The molecule has 0 saturated carbocycles. The van der Waals surface area contributed by atoms with Crippen LogP contribution in [0.5, 0.6) is 17.2 Å². The Morgan fingerprint density at radius 3 is 2.11 bits per heavy atom. The molecule has 0 spiro atoms. The van der Waals surface area contributed by atoms with E-state index >= 15 is 0 Å². The molecule has 2 heterocycles. The third-order valence-electron chi connectivity index (χ3n) is 5.61. The second-order valence-electron chi connectivity index (χ2n) is 8.56. The van der Waals surface area contributed by atoms with Crippen LogP contribution in [0.15, 0.2) is 58.1 Å². The number of aryl methyl sites for hydroxylation is 1. The topological polar surface area (TPSA) is 93.5 Å². The summed E-state index contributed by atoms with van der Waals surface area (Å²) in [6.07, 6.45) is -5.52. The summed E-state index contributed by atoms with van der Waals surface area (Å²) < 4.78 is 47.9. The van der Waals surface area contributed by atoms with E-state index in [0.29, 0.717) is 27.3 Å². The number of alkyl halides is 3. The van der Waals surface area contributed by atoms with Gasteiger partial charge in [0.25, 0.3) is 5.56 Å². The highest BCUT2D eigenvalue weighted by molar-refractivity contribution is 7.22. The minimum Gasteiger partial charge on any atom is -0.457 e. The van der Waals surface area contributed by atoms with Crippen molar-refractivity contribution in [2.75, 3.05) is 0 Å². The normalized spacial score (nSPS) is 12.8. The van der Waals surface area contributed by atoms with E-state index in [-0.39, 0.29) is 18.2 Å². The molecular weight excluding hydrogens is 497 g/mol. The predicted molar refractivity (Wildman–Crippen MR) is 131 cm³/mol. The van der Waals surface area contributed by atoms with Crippen LogP contribution in [-0.4, -0.2) is 27.1 Å². The monoisotopic (exact) mass is 520 g/mol. The number of nitrogens with one attached hydrogen (secondary N) is 1. The summed E-state index contributed by atoms with van der Waals surface area (Å²) in [5, 5.41) is 10.7. The number of aliphatic hydroxyl groups is 1. The molecule has 190 valence electrons. The average molecular weight is 521 g/mol. The maximum Gasteiger partial charge on any atom is 0.573 e. The van der Waals surface area contributed by atoms with Crippen LogP contribution in [0.1, 0.15) is 19.4 Å². The zero-order chi connectivity index (χ0) is 26.2. The molecular formula is C25H23F3N2O5S. The first-order chi connectivity index (χ1) is 16.9. The fourth-order valence-corrected chi connectivity index (χ4v) is 4.95. The molecule has 1 unspecified atom stereocenters. The van der Waals surface area contributed by atoms with Gasteiger partial charge in [-0.3, -0.25) is 14.3 Å². The summed E-state index contributed by atoms with van der Waals surface area (Å²) in [5.41, 5.74) is 0.439. The number of rotatable bonds is 7. The Hall–Kier alpha value is -3.57. The largest absolute Gasteiger partial charge is 0.573 e. The van der Waals surface area contributed by atoms with Crippen molar-refractivity contribution in [2.24, 2.45) is 5.92 Å². The molecule has 0 aliphatic heterocycles. The molecule has 1 atom stereocenters. The Labute approximate surface area is 207 Å². The van der Waals surface area contributed by atoms with Gasteiger partial charge in [-0.2, -0.15) is 0 Å². The molecule has 0 fully saturated rings. The Balaban J connectivity index is 1.61. The highest BCUT2D eigenvalue weighted by atomic mass is 32.1. The number of H-pyrrole nitrogens is 1. The quantitative estimate of drug-likeness (QED) is 0.339. The van der Waals surface area contributed by atoms with E-state index in [1.54, 1.807) is 31.2 Å². The predicted octanol–water partition coefficient (Wildman–Crippen LogP) is 5.43. The second kappa shape index (κ2) is 9.82. The molecule has 2 N–H and O–H groups in total. The van der Waals surface area contributed by atoms with Crippen molar-refractivity contribution >= 4 is 21.6 Å². The molecule has 0 saturated heterocycles. The summed E-state index contributed by atoms with van der Waals surface area (Å²) in [6, 6.07) is 12.0. The zero-order valence-electron chi connectivity index (χ0n) is 19.6. The van der Waals surface area contributed by atoms with Gasteiger partial charge in [-0.05, 0) is 72.5 Å². The van der Waals surface area contributed by atoms with Gasteiger partial charge in [-0.25, -0.2) is 4.79 Å². The SMILES string of the molecule is Cc1c(-c2ccc(Oc3ccc(OC(F)(F)F)cc3)cc2)sc2c1c(=O)[nH]c(=O)n2CC(O)C(C)C. The van der Waals surface area contributed by atoms with Gasteiger partial charge < -0.3 is 14.6 Å². The first-order valence-corrected chi connectivity index (χ1v) is 11.8. The van der Waals surface area contributed by atoms with Crippen LogP contribution < -0.4 is 20.7 Å². The number of halogens is 3. The van der Waals surface area contributed by atoms with Gasteiger partial charge in [0.2, 0.25) is 0 Å². The van der Waals surface area contributed by atoms with Crippen molar-refractivity contribution in [3.05, 3.63) is 74.9 Å². The van der Waals surface area contributed by atoms with Crippen molar-refractivity contribution in [2.45, 2.75) is 39.8 Å². The van der Waals surface area contributed by atoms with Crippen LogP contribution in [0.25, 0.3) is 20.7 Å². The number of nitrogens with zero attached hydrogens (tertiary/aromatic N) is 1. The number of aliphatic hydroxyl groups excluding tert-OH is 1. The smallest absolute Gasteiger partial charge is 0.457 e. The van der Waals surface area contributed by atoms with E-state index in [4.69, 9.17) is 4.74 Å². The Morgan fingerprint density at radius 2 is 1.56 bits per heavy atom. The first-order valence-electron chi connectivity index (χ1n) is 11.0. The van der Waals surface area contributed by atoms with Crippen molar-refractivity contribution < 1.29 is 27.8 Å². The molecule has 0 radical (unpaired) electrons. The van der Waals surface area contributed by atoms with Crippen LogP contribution in [0.4, 0.5) is 13.2 Å². The average Bonchev–Trinajstić information content (AvgIpc) is 3.14. The van der Waals surface area contributed by atoms with E-state index < -0.39 is 23.7 Å². The van der Waals surface area contributed by atoms with E-state index in [9.17, 15) is 27.9 Å². The van der Waals surface area contributed by atoms with E-state index in [1.807, 2.05) is 13.8 Å². The van der Waals surface area contributed by atoms with Gasteiger partial charge in [0.15, 0.2) is 0 Å². The fourth-order valence-electron chi connectivity index (χ4n) is 3.63. The number of thiophene rings is 1. The number of fused-ring (bicyclic) bond motifs is 1. The standard InChI is InChI=1S/C25H23F3N2O5S/c1-13(2)19(31)12-30-23-20(22(32)29-24(30)33)14(3)21(36-23)15-4-6-16(7-5-15)34-17-8-10-18(11-9-17)35-25(26,27)28/h4-11,13,19,31H,12H2,1-3H3,(H,29,32,33). The van der Waals surface area contributed by atoms with Crippen molar-refractivity contribution in [3.63, 3.8) is 0 Å². The summed E-state index contributed by atoms with van der Waals surface area (Å²) in [4.78, 5) is 28.7. The first kappa shape index (κ1) is 25.5. The van der Waals surface area contributed by atoms with Gasteiger partial charge >= 0.3 is 12.1 Å². The van der Waals surface area contributed by atoms with E-state index in [1.165, 1.54) is 28.0 Å². The number of benzene rings is 2. The number of aromatic amines is 1. The summed E-state index contributed by atoms with van der Waals surface area (Å²) in [7, 11) is 0. The number of ether oxygens (including phenoxy) is 2. The fraction of sp³-hybridized carbons (Fsp3) is 0.280. The van der Waals surface area contributed by atoms with Gasteiger partial charge in [-0.1, -0.05) is 13.8 Å². The van der Waals surface area contributed by atoms with E-state index in [0.717, 1.165) is 22.6 Å². The molecule has 0 aliphatic rings. The maximum absolute atomic E-state index is 12.6. The van der Waals surface area contributed by atoms with Crippen LogP contribution in [0.3, 0.4) is 0 Å². The third-order valence-corrected chi connectivity index (χ3v) is 6.98. The summed E-state index contributed by atoms with van der Waals surface area (Å²) in [6.45, 7) is 5.55. The zero-order valence-corrected chi connectivity index (χ0v) is 20.4. The lowest BCUT2D eigenvalue weighted by Gasteiger charge is -2.16. The van der Waals surface area contributed by atoms with Gasteiger partial charge in [0.1, 0.15) is 22.1 Å². The van der Waals surface area contributed by atoms with Crippen LogP contribution in [0.2, 0.25) is 0 Å².